The molecule has 0 spiro atoms. The van der Waals surface area contributed by atoms with Gasteiger partial charge < -0.3 is 24.7 Å². The molecule has 1 saturated heterocycles. The van der Waals surface area contributed by atoms with E-state index in [1.807, 2.05) is 50.2 Å². The predicted octanol–water partition coefficient (Wildman–Crippen LogP) is 3.58. The third-order valence-corrected chi connectivity index (χ3v) is 5.93. The molecule has 0 bridgehead atoms. The standard InChI is InChI=1S/C27H30N4O5/c1-18-6-8-19(9-7-18)17-31-23(26(33)28-14-15-30(2)3)24(36-27(31)34)20-10-12-21(13-11-20)29-25(32)22-5-4-16-35-22/h4-13,16,23-24H,14-15,17H2,1-3H3,(H,28,33)(H,29,32). The Balaban J connectivity index is 1.54. The van der Waals surface area contributed by atoms with Gasteiger partial charge in [-0.05, 0) is 56.4 Å². The second-order valence-corrected chi connectivity index (χ2v) is 9.01. The summed E-state index contributed by atoms with van der Waals surface area (Å²) in [5.74, 6) is -0.456. The Morgan fingerprint density at radius 1 is 1.03 bits per heavy atom. The predicted molar refractivity (Wildman–Crippen MR) is 134 cm³/mol. The number of likely N-dealkylation sites (N-methyl/N-ethyl adjacent to an activating group) is 1. The van der Waals surface area contributed by atoms with Gasteiger partial charge in [0.25, 0.3) is 5.91 Å². The lowest BCUT2D eigenvalue weighted by atomic mass is 10.00. The maximum atomic E-state index is 13.3. The van der Waals surface area contributed by atoms with Gasteiger partial charge in [-0.25, -0.2) is 4.79 Å². The van der Waals surface area contributed by atoms with Gasteiger partial charge in [0, 0.05) is 18.8 Å². The lowest BCUT2D eigenvalue weighted by Gasteiger charge is -2.24. The summed E-state index contributed by atoms with van der Waals surface area (Å²) >= 11 is 0. The van der Waals surface area contributed by atoms with Crippen LogP contribution in [0.1, 0.15) is 33.3 Å². The van der Waals surface area contributed by atoms with Gasteiger partial charge in [0.05, 0.1) is 12.8 Å². The molecule has 2 N–H and O–H groups in total. The molecule has 1 aromatic heterocycles. The van der Waals surface area contributed by atoms with Crippen LogP contribution in [0.15, 0.2) is 71.3 Å². The molecule has 1 aliphatic rings. The summed E-state index contributed by atoms with van der Waals surface area (Å²) in [4.78, 5) is 41.9. The summed E-state index contributed by atoms with van der Waals surface area (Å²) in [7, 11) is 3.85. The highest BCUT2D eigenvalue weighted by molar-refractivity contribution is 6.02. The van der Waals surface area contributed by atoms with Crippen molar-refractivity contribution in [3.63, 3.8) is 0 Å². The van der Waals surface area contributed by atoms with Crippen molar-refractivity contribution < 1.29 is 23.5 Å². The second kappa shape index (κ2) is 11.1. The maximum absolute atomic E-state index is 13.3. The van der Waals surface area contributed by atoms with Crippen LogP contribution in [0.2, 0.25) is 0 Å². The fourth-order valence-electron chi connectivity index (χ4n) is 3.96. The quantitative estimate of drug-likeness (QED) is 0.475. The number of anilines is 1. The van der Waals surface area contributed by atoms with Crippen LogP contribution in [0.25, 0.3) is 0 Å². The average molecular weight is 491 g/mol. The van der Waals surface area contributed by atoms with Crippen LogP contribution >= 0.6 is 0 Å². The summed E-state index contributed by atoms with van der Waals surface area (Å²) in [5, 5.41) is 5.69. The van der Waals surface area contributed by atoms with E-state index in [1.165, 1.54) is 11.2 Å². The van der Waals surface area contributed by atoms with Gasteiger partial charge in [0.1, 0.15) is 0 Å². The smallest absolute Gasteiger partial charge is 0.411 e. The number of rotatable bonds is 9. The Hall–Kier alpha value is -4.11. The number of ether oxygens (including phenoxy) is 1. The maximum Gasteiger partial charge on any atom is 0.411 e. The molecule has 2 unspecified atom stereocenters. The summed E-state index contributed by atoms with van der Waals surface area (Å²) in [6.07, 6.45) is 0.0825. The average Bonchev–Trinajstić information content (AvgIpc) is 3.50. The molecule has 3 aromatic rings. The van der Waals surface area contributed by atoms with E-state index in [0.717, 1.165) is 11.1 Å². The van der Waals surface area contributed by atoms with Gasteiger partial charge in [0.2, 0.25) is 5.91 Å². The minimum absolute atomic E-state index is 0.199. The van der Waals surface area contributed by atoms with Gasteiger partial charge in [0.15, 0.2) is 17.9 Å². The summed E-state index contributed by atoms with van der Waals surface area (Å²) in [6, 6.07) is 17.1. The van der Waals surface area contributed by atoms with E-state index in [4.69, 9.17) is 9.15 Å². The van der Waals surface area contributed by atoms with Crippen molar-refractivity contribution in [1.82, 2.24) is 15.1 Å². The van der Waals surface area contributed by atoms with E-state index < -0.39 is 18.2 Å². The third kappa shape index (κ3) is 5.92. The van der Waals surface area contributed by atoms with Gasteiger partial charge >= 0.3 is 6.09 Å². The number of carbonyl (C=O) groups is 3. The first-order chi connectivity index (χ1) is 17.3. The second-order valence-electron chi connectivity index (χ2n) is 9.01. The molecule has 3 amide bonds. The summed E-state index contributed by atoms with van der Waals surface area (Å²) < 4.78 is 10.8. The molecule has 1 fully saturated rings. The fraction of sp³-hybridized carbons (Fsp3) is 0.296. The number of cyclic esters (lactones) is 1. The molecule has 1 aliphatic heterocycles. The molecule has 2 atom stereocenters. The van der Waals surface area contributed by atoms with Crippen LogP contribution < -0.4 is 10.6 Å². The Labute approximate surface area is 210 Å². The Morgan fingerprint density at radius 2 is 1.75 bits per heavy atom. The van der Waals surface area contributed by atoms with Crippen LogP contribution in [0.5, 0.6) is 0 Å². The monoisotopic (exact) mass is 490 g/mol. The molecule has 4 rings (SSSR count). The van der Waals surface area contributed by atoms with Crippen LogP contribution in [-0.2, 0) is 16.1 Å². The first kappa shape index (κ1) is 25.0. The van der Waals surface area contributed by atoms with E-state index in [-0.39, 0.29) is 24.1 Å². The van der Waals surface area contributed by atoms with Crippen LogP contribution in [0, 0.1) is 6.92 Å². The molecule has 0 radical (unpaired) electrons. The fourth-order valence-corrected chi connectivity index (χ4v) is 3.96. The van der Waals surface area contributed by atoms with Crippen molar-refractivity contribution in [1.29, 1.82) is 0 Å². The lowest BCUT2D eigenvalue weighted by molar-refractivity contribution is -0.126. The van der Waals surface area contributed by atoms with Crippen molar-refractivity contribution in [2.24, 2.45) is 0 Å². The Bertz CT molecular complexity index is 1190. The van der Waals surface area contributed by atoms with E-state index in [0.29, 0.717) is 24.3 Å². The minimum atomic E-state index is -0.843. The van der Waals surface area contributed by atoms with E-state index >= 15 is 0 Å². The van der Waals surface area contributed by atoms with E-state index in [9.17, 15) is 14.4 Å². The van der Waals surface area contributed by atoms with Crippen molar-refractivity contribution in [2.45, 2.75) is 25.6 Å². The van der Waals surface area contributed by atoms with Crippen molar-refractivity contribution in [2.75, 3.05) is 32.5 Å². The van der Waals surface area contributed by atoms with Crippen LogP contribution in [0.4, 0.5) is 10.5 Å². The zero-order valence-corrected chi connectivity index (χ0v) is 20.6. The third-order valence-electron chi connectivity index (χ3n) is 5.93. The molecule has 36 heavy (non-hydrogen) atoms. The van der Waals surface area contributed by atoms with Gasteiger partial charge in [-0.3, -0.25) is 14.5 Å². The molecule has 2 aromatic carbocycles. The van der Waals surface area contributed by atoms with Gasteiger partial charge in [-0.15, -0.1) is 0 Å². The van der Waals surface area contributed by atoms with Crippen molar-refractivity contribution >= 4 is 23.6 Å². The molecule has 9 heteroatoms. The molecule has 188 valence electrons. The first-order valence-corrected chi connectivity index (χ1v) is 11.7. The SMILES string of the molecule is Cc1ccc(CN2C(=O)OC(c3ccc(NC(=O)c4ccco4)cc3)C2C(=O)NCCN(C)C)cc1. The lowest BCUT2D eigenvalue weighted by Crippen LogP contribution is -2.47. The molecule has 0 aliphatic carbocycles. The number of benzene rings is 2. The van der Waals surface area contributed by atoms with Crippen LogP contribution in [0.3, 0.4) is 0 Å². The van der Waals surface area contributed by atoms with Crippen LogP contribution in [-0.4, -0.2) is 60.9 Å². The molecular formula is C27H30N4O5. The molecule has 0 saturated carbocycles. The van der Waals surface area contributed by atoms with Gasteiger partial charge in [-0.2, -0.15) is 0 Å². The van der Waals surface area contributed by atoms with Crippen molar-refractivity contribution in [3.8, 4) is 0 Å². The van der Waals surface area contributed by atoms with E-state index in [1.54, 1.807) is 36.4 Å². The number of nitrogens with one attached hydrogen (secondary N) is 2. The highest BCUT2D eigenvalue weighted by atomic mass is 16.6. The topological polar surface area (TPSA) is 104 Å². The number of carbonyl (C=O) groups excluding carboxylic acids is 3. The highest BCUT2D eigenvalue weighted by Gasteiger charge is 2.46. The number of hydrogen-bond donors (Lipinski definition) is 2. The van der Waals surface area contributed by atoms with Crippen molar-refractivity contribution in [3.05, 3.63) is 89.4 Å². The van der Waals surface area contributed by atoms with E-state index in [2.05, 4.69) is 10.6 Å². The number of furan rings is 1. The number of aryl methyl sites for hydroxylation is 1. The normalized spacial score (nSPS) is 17.2. The molecular weight excluding hydrogens is 460 g/mol. The zero-order chi connectivity index (χ0) is 25.7. The largest absolute Gasteiger partial charge is 0.459 e. The van der Waals surface area contributed by atoms with Gasteiger partial charge in [-0.1, -0.05) is 42.0 Å². The zero-order valence-electron chi connectivity index (χ0n) is 20.6. The first-order valence-electron chi connectivity index (χ1n) is 11.7. The summed E-state index contributed by atoms with van der Waals surface area (Å²) in [5.41, 5.74) is 3.21. The number of amides is 3. The highest BCUT2D eigenvalue weighted by Crippen LogP contribution is 2.34. The molecule has 2 heterocycles. The minimum Gasteiger partial charge on any atom is -0.459 e. The Kier molecular flexibility index (Phi) is 7.70. The summed E-state index contributed by atoms with van der Waals surface area (Å²) in [6.45, 7) is 3.35. The molecule has 9 nitrogen and oxygen atoms in total. The number of nitrogens with zero attached hydrogens (tertiary/aromatic N) is 2. The number of hydrogen-bond acceptors (Lipinski definition) is 6. The Morgan fingerprint density at radius 3 is 2.39 bits per heavy atom.